The lowest BCUT2D eigenvalue weighted by atomic mass is 10.2. The molecule has 3 atom stereocenters. The van der Waals surface area contributed by atoms with Gasteiger partial charge in [0.2, 0.25) is 0 Å². The summed E-state index contributed by atoms with van der Waals surface area (Å²) in [5.74, 6) is 0. The topological polar surface area (TPSA) is 20.1 Å². The molecule has 2 rings (SSSR count). The second kappa shape index (κ2) is 3.83. The van der Waals surface area contributed by atoms with E-state index in [-0.39, 0.29) is 5.25 Å². The van der Waals surface area contributed by atoms with Crippen LogP contribution in [0.15, 0.2) is 30.3 Å². The molecule has 0 aliphatic carbocycles. The average molecular weight is 209 g/mol. The highest BCUT2D eigenvalue weighted by atomic mass is 32.2. The third kappa shape index (κ3) is 1.88. The Morgan fingerprint density at radius 2 is 2.00 bits per heavy atom. The number of rotatable bonds is 3. The van der Waals surface area contributed by atoms with Crippen LogP contribution in [0.5, 0.6) is 0 Å². The van der Waals surface area contributed by atoms with Gasteiger partial charge < -0.3 is 0 Å². The van der Waals surface area contributed by atoms with Crippen molar-refractivity contribution in [2.24, 2.45) is 0 Å². The lowest BCUT2D eigenvalue weighted by molar-refractivity contribution is 0.638. The highest BCUT2D eigenvalue weighted by Gasteiger charge is 2.40. The van der Waals surface area contributed by atoms with Crippen molar-refractivity contribution >= 4 is 11.0 Å². The first-order valence-electron chi connectivity index (χ1n) is 4.92. The van der Waals surface area contributed by atoms with Crippen molar-refractivity contribution in [2.75, 3.05) is 6.54 Å². The van der Waals surface area contributed by atoms with Crippen LogP contribution in [0.1, 0.15) is 25.5 Å². The maximum Gasteiger partial charge on any atom is 0.0975 e. The molecule has 1 aliphatic heterocycles. The minimum Gasteiger partial charge on any atom is -0.242 e. The Morgan fingerprint density at radius 1 is 1.36 bits per heavy atom. The first-order valence-corrected chi connectivity index (χ1v) is 6.09. The van der Waals surface area contributed by atoms with Crippen LogP contribution < -0.4 is 0 Å². The fraction of sp³-hybridized carbons (Fsp3) is 0.455. The van der Waals surface area contributed by atoms with Gasteiger partial charge in [-0.15, -0.1) is 0 Å². The van der Waals surface area contributed by atoms with Crippen LogP contribution in [0.4, 0.5) is 0 Å². The van der Waals surface area contributed by atoms with Gasteiger partial charge in [0.1, 0.15) is 0 Å². The van der Waals surface area contributed by atoms with Gasteiger partial charge in [-0.1, -0.05) is 30.3 Å². The number of nitrogens with zero attached hydrogens (tertiary/aromatic N) is 1. The molecule has 0 bridgehead atoms. The van der Waals surface area contributed by atoms with E-state index in [1.807, 2.05) is 36.4 Å². The van der Waals surface area contributed by atoms with Gasteiger partial charge in [-0.05, 0) is 19.4 Å². The zero-order valence-corrected chi connectivity index (χ0v) is 9.33. The molecule has 0 amide bonds. The van der Waals surface area contributed by atoms with E-state index < -0.39 is 11.0 Å². The summed E-state index contributed by atoms with van der Waals surface area (Å²) in [4.78, 5) is 0. The van der Waals surface area contributed by atoms with Gasteiger partial charge in [0.25, 0.3) is 0 Å². The van der Waals surface area contributed by atoms with Gasteiger partial charge in [-0.2, -0.15) is 0 Å². The second-order valence-corrected chi connectivity index (χ2v) is 5.82. The van der Waals surface area contributed by atoms with Gasteiger partial charge in [-0.3, -0.25) is 0 Å². The van der Waals surface area contributed by atoms with Gasteiger partial charge in [0.05, 0.1) is 17.0 Å². The van der Waals surface area contributed by atoms with Crippen LogP contribution in [0.25, 0.3) is 0 Å². The summed E-state index contributed by atoms with van der Waals surface area (Å²) >= 11 is 0. The largest absolute Gasteiger partial charge is 0.242 e. The lowest BCUT2D eigenvalue weighted by Gasteiger charge is -2.06. The summed E-state index contributed by atoms with van der Waals surface area (Å²) in [6, 6.07) is 10.7. The normalized spacial score (nSPS) is 27.6. The predicted molar refractivity (Wildman–Crippen MR) is 59.2 cm³/mol. The molecule has 2 nitrogen and oxygen atoms in total. The van der Waals surface area contributed by atoms with Crippen LogP contribution in [-0.4, -0.2) is 20.3 Å². The van der Waals surface area contributed by atoms with E-state index in [0.29, 0.717) is 6.04 Å². The Bertz CT molecular complexity index is 336. The van der Waals surface area contributed by atoms with E-state index in [9.17, 15) is 4.21 Å². The summed E-state index contributed by atoms with van der Waals surface area (Å²) in [6.07, 6.45) is 0. The minimum absolute atomic E-state index is 0.226. The van der Waals surface area contributed by atoms with Crippen LogP contribution in [0, 0.1) is 0 Å². The summed E-state index contributed by atoms with van der Waals surface area (Å²) in [6.45, 7) is 4.93. The monoisotopic (exact) mass is 209 g/mol. The molecule has 0 aromatic heterocycles. The molecule has 1 aliphatic rings. The Morgan fingerprint density at radius 3 is 2.57 bits per heavy atom. The van der Waals surface area contributed by atoms with E-state index in [4.69, 9.17) is 0 Å². The van der Waals surface area contributed by atoms with E-state index in [1.165, 1.54) is 5.56 Å². The Kier molecular flexibility index (Phi) is 2.70. The van der Waals surface area contributed by atoms with Gasteiger partial charge in [0.15, 0.2) is 0 Å². The van der Waals surface area contributed by atoms with E-state index in [0.717, 1.165) is 6.54 Å². The van der Waals surface area contributed by atoms with Crippen LogP contribution in [-0.2, 0) is 11.0 Å². The van der Waals surface area contributed by atoms with Gasteiger partial charge in [-0.25, -0.2) is 8.51 Å². The summed E-state index contributed by atoms with van der Waals surface area (Å²) in [5, 5.41) is 0.226. The van der Waals surface area contributed by atoms with Crippen molar-refractivity contribution in [2.45, 2.75) is 25.1 Å². The van der Waals surface area contributed by atoms with Crippen molar-refractivity contribution < 1.29 is 4.21 Å². The maximum absolute atomic E-state index is 11.7. The molecule has 76 valence electrons. The fourth-order valence-corrected chi connectivity index (χ4v) is 2.74. The second-order valence-electron chi connectivity index (χ2n) is 3.85. The predicted octanol–water partition coefficient (Wildman–Crippen LogP) is 2.12. The Hall–Kier alpha value is -0.670. The van der Waals surface area contributed by atoms with Crippen molar-refractivity contribution in [1.82, 2.24) is 4.31 Å². The Balaban J connectivity index is 2.03. The quantitative estimate of drug-likeness (QED) is 0.698. The molecule has 1 saturated heterocycles. The highest BCUT2D eigenvalue weighted by Crippen LogP contribution is 2.36. The smallest absolute Gasteiger partial charge is 0.0975 e. The minimum atomic E-state index is -0.810. The van der Waals surface area contributed by atoms with Crippen molar-refractivity contribution in [1.29, 1.82) is 0 Å². The molecule has 0 saturated carbocycles. The molecule has 2 unspecified atom stereocenters. The molecule has 0 N–H and O–H groups in total. The third-order valence-electron chi connectivity index (χ3n) is 2.39. The van der Waals surface area contributed by atoms with Crippen LogP contribution in [0.2, 0.25) is 0 Å². The number of benzene rings is 1. The van der Waals surface area contributed by atoms with Gasteiger partial charge in [0, 0.05) is 11.8 Å². The first kappa shape index (κ1) is 9.87. The standard InChI is InChI=1S/C11H15NOS/c1-9(2)14(13)12-8-11(12)10-6-4-3-5-7-10/h3-7,9,11H,8H2,1-2H3/t11-,12?,14?/m1/s1. The Labute approximate surface area is 87.5 Å². The lowest BCUT2D eigenvalue weighted by Crippen LogP contribution is -2.14. The fourth-order valence-electron chi connectivity index (χ4n) is 1.54. The van der Waals surface area contributed by atoms with E-state index in [1.54, 1.807) is 0 Å². The highest BCUT2D eigenvalue weighted by molar-refractivity contribution is 7.83. The summed E-state index contributed by atoms with van der Waals surface area (Å²) < 4.78 is 13.8. The van der Waals surface area contributed by atoms with E-state index >= 15 is 0 Å². The van der Waals surface area contributed by atoms with Crippen molar-refractivity contribution in [3.05, 3.63) is 35.9 Å². The number of hydrogen-bond acceptors (Lipinski definition) is 1. The molecule has 14 heavy (non-hydrogen) atoms. The maximum atomic E-state index is 11.7. The van der Waals surface area contributed by atoms with E-state index in [2.05, 4.69) is 12.1 Å². The van der Waals surface area contributed by atoms with Crippen LogP contribution in [0.3, 0.4) is 0 Å². The molecule has 1 aromatic rings. The molecule has 0 spiro atoms. The summed E-state index contributed by atoms with van der Waals surface area (Å²) in [5.41, 5.74) is 1.28. The van der Waals surface area contributed by atoms with Crippen molar-refractivity contribution in [3.8, 4) is 0 Å². The molecular weight excluding hydrogens is 194 g/mol. The van der Waals surface area contributed by atoms with Gasteiger partial charge >= 0.3 is 0 Å². The average Bonchev–Trinajstić information content (AvgIpc) is 2.97. The molecule has 1 heterocycles. The molecular formula is C11H15NOS. The molecule has 3 heteroatoms. The SMILES string of the molecule is CC(C)S(=O)N1C[C@@H]1c1ccccc1. The number of hydrogen-bond donors (Lipinski definition) is 0. The molecule has 1 fully saturated rings. The molecule has 0 radical (unpaired) electrons. The first-order chi connectivity index (χ1) is 6.70. The van der Waals surface area contributed by atoms with Crippen molar-refractivity contribution in [3.63, 3.8) is 0 Å². The zero-order chi connectivity index (χ0) is 10.1. The van der Waals surface area contributed by atoms with Crippen LogP contribution >= 0.6 is 0 Å². The molecule has 1 aromatic carbocycles. The zero-order valence-electron chi connectivity index (χ0n) is 8.51. The summed E-state index contributed by atoms with van der Waals surface area (Å²) in [7, 11) is -0.810. The third-order valence-corrected chi connectivity index (χ3v) is 4.06.